The third kappa shape index (κ3) is 3.46. The van der Waals surface area contributed by atoms with Crippen molar-refractivity contribution < 1.29 is 4.42 Å². The Bertz CT molecular complexity index is 2740. The molecule has 10 rings (SSSR count). The molecule has 0 saturated carbocycles. The van der Waals surface area contributed by atoms with E-state index in [1.807, 2.05) is 12.1 Å². The molecular formula is C42H26N2O. The summed E-state index contributed by atoms with van der Waals surface area (Å²) in [5, 5.41) is 7.32. The summed E-state index contributed by atoms with van der Waals surface area (Å²) in [6.45, 7) is 0. The Kier molecular flexibility index (Phi) is 5.00. The van der Waals surface area contributed by atoms with Crippen molar-refractivity contribution in [3.8, 4) is 22.5 Å². The van der Waals surface area contributed by atoms with Crippen LogP contribution in [0.4, 0.5) is 0 Å². The minimum atomic E-state index is 0.907. The summed E-state index contributed by atoms with van der Waals surface area (Å²) in [5.74, 6) is 0. The predicted molar refractivity (Wildman–Crippen MR) is 188 cm³/mol. The van der Waals surface area contributed by atoms with Crippen LogP contribution in [0.25, 0.3) is 88.1 Å². The van der Waals surface area contributed by atoms with E-state index in [1.165, 1.54) is 54.7 Å². The van der Waals surface area contributed by atoms with Gasteiger partial charge < -0.3 is 13.6 Å². The van der Waals surface area contributed by atoms with Crippen LogP contribution in [0.3, 0.4) is 0 Å². The quantitative estimate of drug-likeness (QED) is 0.206. The van der Waals surface area contributed by atoms with Crippen LogP contribution in [0.1, 0.15) is 0 Å². The standard InChI is InChI=1S/C42H26N2O/c1-2-10-27(11-3-1)28-18-20-29(21-19-28)43-35-15-7-4-13-32(35)41-37(43)23-24-38-42(41)33-14-5-8-16-36(33)44(38)30-22-25-40-34(26-30)31-12-6-9-17-39(31)45-40/h1-26H. The average Bonchev–Trinajstić information content (AvgIpc) is 3.76. The monoisotopic (exact) mass is 574 g/mol. The van der Waals surface area contributed by atoms with Gasteiger partial charge in [-0.25, -0.2) is 0 Å². The molecule has 210 valence electrons. The molecule has 3 heterocycles. The summed E-state index contributed by atoms with van der Waals surface area (Å²) >= 11 is 0. The van der Waals surface area contributed by atoms with Crippen LogP contribution in [-0.4, -0.2) is 9.13 Å². The molecule has 10 aromatic rings. The highest BCUT2D eigenvalue weighted by Crippen LogP contribution is 2.43. The van der Waals surface area contributed by atoms with Gasteiger partial charge in [-0.1, -0.05) is 97.1 Å². The number of para-hydroxylation sites is 3. The summed E-state index contributed by atoms with van der Waals surface area (Å²) in [4.78, 5) is 0. The summed E-state index contributed by atoms with van der Waals surface area (Å²) in [6, 6.07) is 56.5. The van der Waals surface area contributed by atoms with E-state index in [2.05, 4.69) is 155 Å². The lowest BCUT2D eigenvalue weighted by Gasteiger charge is -2.10. The van der Waals surface area contributed by atoms with E-state index in [1.54, 1.807) is 0 Å². The minimum absolute atomic E-state index is 0.907. The van der Waals surface area contributed by atoms with Crippen molar-refractivity contribution >= 4 is 65.6 Å². The first-order chi connectivity index (χ1) is 22.3. The highest BCUT2D eigenvalue weighted by atomic mass is 16.3. The van der Waals surface area contributed by atoms with Gasteiger partial charge in [0, 0.05) is 43.7 Å². The first-order valence-corrected chi connectivity index (χ1v) is 15.4. The summed E-state index contributed by atoms with van der Waals surface area (Å²) in [7, 11) is 0. The Hall–Kier alpha value is -6.06. The lowest BCUT2D eigenvalue weighted by atomic mass is 10.1. The van der Waals surface area contributed by atoms with Crippen LogP contribution in [0.5, 0.6) is 0 Å². The van der Waals surface area contributed by atoms with Crippen molar-refractivity contribution in [1.82, 2.24) is 9.13 Å². The van der Waals surface area contributed by atoms with Crippen LogP contribution in [0, 0.1) is 0 Å². The zero-order chi connectivity index (χ0) is 29.5. The van der Waals surface area contributed by atoms with Crippen molar-refractivity contribution in [2.24, 2.45) is 0 Å². The van der Waals surface area contributed by atoms with Gasteiger partial charge in [0.15, 0.2) is 0 Å². The fourth-order valence-electron chi connectivity index (χ4n) is 7.36. The summed E-state index contributed by atoms with van der Waals surface area (Å²) in [6.07, 6.45) is 0. The molecule has 0 N–H and O–H groups in total. The Morgan fingerprint density at radius 3 is 1.53 bits per heavy atom. The van der Waals surface area contributed by atoms with Crippen LogP contribution in [0.2, 0.25) is 0 Å². The molecule has 3 nitrogen and oxygen atoms in total. The molecule has 0 aliphatic rings. The second-order valence-electron chi connectivity index (χ2n) is 11.8. The molecule has 3 heteroatoms. The third-order valence-electron chi connectivity index (χ3n) is 9.32. The molecule has 0 unspecified atom stereocenters. The van der Waals surface area contributed by atoms with Crippen molar-refractivity contribution in [2.45, 2.75) is 0 Å². The third-order valence-corrected chi connectivity index (χ3v) is 9.32. The van der Waals surface area contributed by atoms with E-state index in [9.17, 15) is 0 Å². The fourth-order valence-corrected chi connectivity index (χ4v) is 7.36. The van der Waals surface area contributed by atoms with E-state index in [-0.39, 0.29) is 0 Å². The molecule has 45 heavy (non-hydrogen) atoms. The van der Waals surface area contributed by atoms with Crippen LogP contribution in [-0.2, 0) is 0 Å². The molecule has 0 aliphatic heterocycles. The normalized spacial score (nSPS) is 12.0. The van der Waals surface area contributed by atoms with Gasteiger partial charge in [-0.2, -0.15) is 0 Å². The molecule has 0 amide bonds. The molecule has 0 fully saturated rings. The number of aromatic nitrogens is 2. The Morgan fingerprint density at radius 2 is 0.844 bits per heavy atom. The molecule has 0 spiro atoms. The molecule has 0 atom stereocenters. The lowest BCUT2D eigenvalue weighted by molar-refractivity contribution is 0.669. The Labute approximate surface area is 258 Å². The second kappa shape index (κ2) is 9.22. The average molecular weight is 575 g/mol. The number of fused-ring (bicyclic) bond motifs is 10. The highest BCUT2D eigenvalue weighted by Gasteiger charge is 2.21. The minimum Gasteiger partial charge on any atom is -0.456 e. The first kappa shape index (κ1) is 24.4. The molecule has 3 aromatic heterocycles. The molecule has 7 aromatic carbocycles. The molecule has 0 aliphatic carbocycles. The largest absolute Gasteiger partial charge is 0.456 e. The molecular weight excluding hydrogens is 548 g/mol. The summed E-state index contributed by atoms with van der Waals surface area (Å²) < 4.78 is 11.0. The maximum Gasteiger partial charge on any atom is 0.135 e. The van der Waals surface area contributed by atoms with Gasteiger partial charge in [0.2, 0.25) is 0 Å². The number of nitrogens with zero attached hydrogens (tertiary/aromatic N) is 2. The van der Waals surface area contributed by atoms with Crippen LogP contribution in [0.15, 0.2) is 162 Å². The predicted octanol–water partition coefficient (Wildman–Crippen LogP) is 11.4. The number of furan rings is 1. The van der Waals surface area contributed by atoms with E-state index < -0.39 is 0 Å². The number of hydrogen-bond donors (Lipinski definition) is 0. The smallest absolute Gasteiger partial charge is 0.135 e. The molecule has 0 bridgehead atoms. The second-order valence-corrected chi connectivity index (χ2v) is 11.8. The van der Waals surface area contributed by atoms with Gasteiger partial charge in [-0.3, -0.25) is 0 Å². The van der Waals surface area contributed by atoms with Crippen LogP contribution >= 0.6 is 0 Å². The highest BCUT2D eigenvalue weighted by molar-refractivity contribution is 6.29. The van der Waals surface area contributed by atoms with Crippen LogP contribution < -0.4 is 0 Å². The van der Waals surface area contributed by atoms with Gasteiger partial charge in [-0.05, 0) is 71.8 Å². The molecule has 0 radical (unpaired) electrons. The van der Waals surface area contributed by atoms with Crippen molar-refractivity contribution in [3.63, 3.8) is 0 Å². The Balaban J connectivity index is 1.26. The number of hydrogen-bond acceptors (Lipinski definition) is 1. The molecule has 0 saturated heterocycles. The zero-order valence-corrected chi connectivity index (χ0v) is 24.3. The van der Waals surface area contributed by atoms with Gasteiger partial charge in [-0.15, -0.1) is 0 Å². The van der Waals surface area contributed by atoms with Gasteiger partial charge >= 0.3 is 0 Å². The van der Waals surface area contributed by atoms with Crippen molar-refractivity contribution in [1.29, 1.82) is 0 Å². The maximum atomic E-state index is 6.17. The SMILES string of the molecule is c1ccc(-c2ccc(-n3c4ccccc4c4c5c6ccccc6n(-c6ccc7oc8ccccc8c7c6)c5ccc43)cc2)cc1. The zero-order valence-electron chi connectivity index (χ0n) is 24.3. The van der Waals surface area contributed by atoms with Gasteiger partial charge in [0.25, 0.3) is 0 Å². The number of rotatable bonds is 3. The van der Waals surface area contributed by atoms with Gasteiger partial charge in [0.1, 0.15) is 11.2 Å². The summed E-state index contributed by atoms with van der Waals surface area (Å²) in [5.41, 5.74) is 11.3. The topological polar surface area (TPSA) is 23.0 Å². The van der Waals surface area contributed by atoms with Gasteiger partial charge in [0.05, 0.1) is 22.1 Å². The van der Waals surface area contributed by atoms with E-state index >= 15 is 0 Å². The van der Waals surface area contributed by atoms with Crippen molar-refractivity contribution in [2.75, 3.05) is 0 Å². The first-order valence-electron chi connectivity index (χ1n) is 15.4. The van der Waals surface area contributed by atoms with E-state index in [4.69, 9.17) is 4.42 Å². The maximum absolute atomic E-state index is 6.17. The fraction of sp³-hybridized carbons (Fsp3) is 0. The lowest BCUT2D eigenvalue weighted by Crippen LogP contribution is -1.95. The number of benzene rings is 7. The van der Waals surface area contributed by atoms with Crippen molar-refractivity contribution in [3.05, 3.63) is 158 Å². The van der Waals surface area contributed by atoms with E-state index in [0.29, 0.717) is 0 Å². The Morgan fingerprint density at radius 1 is 0.333 bits per heavy atom. The van der Waals surface area contributed by atoms with E-state index in [0.717, 1.165) is 33.3 Å².